The summed E-state index contributed by atoms with van der Waals surface area (Å²) < 4.78 is 5.83. The van der Waals surface area contributed by atoms with E-state index in [1.54, 1.807) is 19.1 Å². The van der Waals surface area contributed by atoms with E-state index in [9.17, 15) is 14.4 Å². The molecular formula is C14H14N4O5. The van der Waals surface area contributed by atoms with Gasteiger partial charge in [0.1, 0.15) is 6.54 Å². The summed E-state index contributed by atoms with van der Waals surface area (Å²) in [6, 6.07) is 6.13. The number of carbonyl (C=O) groups excluding carboxylic acids is 2. The molecule has 1 amide bonds. The number of aromatic carboxylic acids is 1. The number of carboxylic acids is 1. The van der Waals surface area contributed by atoms with Crippen LogP contribution >= 0.6 is 0 Å². The Morgan fingerprint density at radius 3 is 2.57 bits per heavy atom. The quantitative estimate of drug-likeness (QED) is 0.755. The Kier molecular flexibility index (Phi) is 5.03. The molecular weight excluding hydrogens is 304 g/mol. The number of carboxylic acid groups (broad SMARTS) is 1. The summed E-state index contributed by atoms with van der Waals surface area (Å²) in [5.41, 5.74) is 0.645. The molecule has 0 radical (unpaired) electrons. The summed E-state index contributed by atoms with van der Waals surface area (Å²) in [7, 11) is 0. The van der Waals surface area contributed by atoms with Gasteiger partial charge in [-0.3, -0.25) is 4.79 Å². The van der Waals surface area contributed by atoms with Crippen LogP contribution in [0.5, 0.6) is 0 Å². The number of carbonyl (C=O) groups is 3. The third-order valence-corrected chi connectivity index (χ3v) is 2.81. The van der Waals surface area contributed by atoms with Crippen molar-refractivity contribution in [3.63, 3.8) is 0 Å². The maximum atomic E-state index is 11.9. The molecule has 0 fully saturated rings. The zero-order valence-corrected chi connectivity index (χ0v) is 12.2. The zero-order chi connectivity index (χ0) is 16.8. The monoisotopic (exact) mass is 318 g/mol. The van der Waals surface area contributed by atoms with Crippen molar-refractivity contribution in [1.29, 1.82) is 0 Å². The van der Waals surface area contributed by atoms with Crippen molar-refractivity contribution >= 4 is 23.5 Å². The number of esters is 1. The number of anilines is 1. The second-order valence-corrected chi connectivity index (χ2v) is 4.43. The summed E-state index contributed by atoms with van der Waals surface area (Å²) in [5.74, 6) is -2.14. The van der Waals surface area contributed by atoms with Crippen LogP contribution in [0.25, 0.3) is 0 Å². The number of amides is 1. The summed E-state index contributed by atoms with van der Waals surface area (Å²) in [4.78, 5) is 34.3. The minimum Gasteiger partial charge on any atom is -0.476 e. The Morgan fingerprint density at radius 2 is 1.96 bits per heavy atom. The van der Waals surface area contributed by atoms with E-state index in [1.807, 2.05) is 0 Å². The van der Waals surface area contributed by atoms with Crippen LogP contribution in [-0.2, 0) is 16.1 Å². The van der Waals surface area contributed by atoms with E-state index in [0.29, 0.717) is 11.3 Å². The average molecular weight is 318 g/mol. The van der Waals surface area contributed by atoms with Gasteiger partial charge in [0.2, 0.25) is 5.91 Å². The van der Waals surface area contributed by atoms with Crippen molar-refractivity contribution in [3.8, 4) is 0 Å². The van der Waals surface area contributed by atoms with Crippen LogP contribution in [0.1, 0.15) is 27.8 Å². The SMILES string of the molecule is CCOC(=O)c1ccc(NC(=O)Cn2nncc2C(=O)O)cc1. The molecule has 120 valence electrons. The van der Waals surface area contributed by atoms with Crippen molar-refractivity contribution < 1.29 is 24.2 Å². The molecule has 9 nitrogen and oxygen atoms in total. The number of nitrogens with one attached hydrogen (secondary N) is 1. The summed E-state index contributed by atoms with van der Waals surface area (Å²) >= 11 is 0. The van der Waals surface area contributed by atoms with Crippen LogP contribution in [0, 0.1) is 0 Å². The van der Waals surface area contributed by atoms with E-state index in [-0.39, 0.29) is 18.8 Å². The van der Waals surface area contributed by atoms with Gasteiger partial charge in [0.25, 0.3) is 0 Å². The third-order valence-electron chi connectivity index (χ3n) is 2.81. The number of aromatic nitrogens is 3. The first-order chi connectivity index (χ1) is 11.0. The van der Waals surface area contributed by atoms with E-state index in [2.05, 4.69) is 15.6 Å². The number of nitrogens with zero attached hydrogens (tertiary/aromatic N) is 3. The topological polar surface area (TPSA) is 123 Å². The first kappa shape index (κ1) is 16.1. The second kappa shape index (κ2) is 7.16. The van der Waals surface area contributed by atoms with E-state index < -0.39 is 17.8 Å². The largest absolute Gasteiger partial charge is 0.476 e. The van der Waals surface area contributed by atoms with Gasteiger partial charge in [-0.2, -0.15) is 0 Å². The number of rotatable bonds is 6. The Balaban J connectivity index is 1.99. The van der Waals surface area contributed by atoms with Gasteiger partial charge in [-0.15, -0.1) is 5.10 Å². The van der Waals surface area contributed by atoms with Crippen LogP contribution in [0.2, 0.25) is 0 Å². The van der Waals surface area contributed by atoms with Crippen molar-refractivity contribution in [3.05, 3.63) is 41.7 Å². The first-order valence-corrected chi connectivity index (χ1v) is 6.70. The van der Waals surface area contributed by atoms with E-state index in [0.717, 1.165) is 10.9 Å². The van der Waals surface area contributed by atoms with Crippen molar-refractivity contribution in [1.82, 2.24) is 15.0 Å². The van der Waals surface area contributed by atoms with Gasteiger partial charge in [0.15, 0.2) is 5.69 Å². The average Bonchev–Trinajstić information content (AvgIpc) is 2.96. The molecule has 0 aliphatic heterocycles. The van der Waals surface area contributed by atoms with Crippen LogP contribution in [0.4, 0.5) is 5.69 Å². The Hall–Kier alpha value is -3.23. The Bertz CT molecular complexity index is 723. The van der Waals surface area contributed by atoms with Gasteiger partial charge in [-0.25, -0.2) is 14.3 Å². The number of ether oxygens (including phenoxy) is 1. The van der Waals surface area contributed by atoms with Gasteiger partial charge < -0.3 is 15.2 Å². The lowest BCUT2D eigenvalue weighted by molar-refractivity contribution is -0.116. The van der Waals surface area contributed by atoms with Gasteiger partial charge in [-0.05, 0) is 31.2 Å². The molecule has 2 aromatic rings. The number of hydrogen-bond acceptors (Lipinski definition) is 6. The smallest absolute Gasteiger partial charge is 0.355 e. The van der Waals surface area contributed by atoms with Crippen LogP contribution in [0.3, 0.4) is 0 Å². The maximum absolute atomic E-state index is 11.9. The lowest BCUT2D eigenvalue weighted by Gasteiger charge is -2.07. The molecule has 0 spiro atoms. The normalized spacial score (nSPS) is 10.1. The summed E-state index contributed by atoms with van der Waals surface area (Å²) in [6.07, 6.45) is 1.06. The first-order valence-electron chi connectivity index (χ1n) is 6.70. The molecule has 0 saturated carbocycles. The van der Waals surface area contributed by atoms with Crippen molar-refractivity contribution in [2.24, 2.45) is 0 Å². The van der Waals surface area contributed by atoms with Crippen LogP contribution < -0.4 is 5.32 Å². The fraction of sp³-hybridized carbons (Fsp3) is 0.214. The molecule has 1 aromatic carbocycles. The third kappa shape index (κ3) is 4.13. The molecule has 0 bridgehead atoms. The van der Waals surface area contributed by atoms with Gasteiger partial charge >= 0.3 is 11.9 Å². The van der Waals surface area contributed by atoms with E-state index in [1.165, 1.54) is 12.1 Å². The molecule has 1 aromatic heterocycles. The van der Waals surface area contributed by atoms with Gasteiger partial charge in [0.05, 0.1) is 18.4 Å². The minimum atomic E-state index is -1.22. The second-order valence-electron chi connectivity index (χ2n) is 4.43. The Labute approximate surface area is 130 Å². The fourth-order valence-electron chi connectivity index (χ4n) is 1.78. The standard InChI is InChI=1S/C14H14N4O5/c1-2-23-14(22)9-3-5-10(6-4-9)16-12(19)8-18-11(13(20)21)7-15-17-18/h3-7H,2,8H2,1H3,(H,16,19)(H,20,21). The summed E-state index contributed by atoms with van der Waals surface area (Å²) in [5, 5.41) is 18.5. The molecule has 0 saturated heterocycles. The highest BCUT2D eigenvalue weighted by atomic mass is 16.5. The van der Waals surface area contributed by atoms with Crippen LogP contribution in [0.15, 0.2) is 30.5 Å². The highest BCUT2D eigenvalue weighted by Gasteiger charge is 2.14. The molecule has 0 unspecified atom stereocenters. The maximum Gasteiger partial charge on any atom is 0.355 e. The lowest BCUT2D eigenvalue weighted by Crippen LogP contribution is -2.22. The van der Waals surface area contributed by atoms with Crippen molar-refractivity contribution in [2.45, 2.75) is 13.5 Å². The molecule has 2 rings (SSSR count). The Morgan fingerprint density at radius 1 is 1.26 bits per heavy atom. The van der Waals surface area contributed by atoms with Gasteiger partial charge in [0, 0.05) is 5.69 Å². The molecule has 9 heteroatoms. The zero-order valence-electron chi connectivity index (χ0n) is 12.2. The molecule has 0 atom stereocenters. The molecule has 0 aliphatic carbocycles. The van der Waals surface area contributed by atoms with Crippen LogP contribution in [-0.4, -0.2) is 44.6 Å². The summed E-state index contributed by atoms with van der Waals surface area (Å²) in [6.45, 7) is 1.70. The lowest BCUT2D eigenvalue weighted by atomic mass is 10.2. The molecule has 1 heterocycles. The van der Waals surface area contributed by atoms with Gasteiger partial charge in [-0.1, -0.05) is 5.21 Å². The predicted molar refractivity (Wildman–Crippen MR) is 78.0 cm³/mol. The molecule has 2 N–H and O–H groups in total. The fourth-order valence-corrected chi connectivity index (χ4v) is 1.78. The predicted octanol–water partition coefficient (Wildman–Crippen LogP) is 0.792. The van der Waals surface area contributed by atoms with Crippen molar-refractivity contribution in [2.75, 3.05) is 11.9 Å². The minimum absolute atomic E-state index is 0.183. The molecule has 23 heavy (non-hydrogen) atoms. The highest BCUT2D eigenvalue weighted by molar-refractivity contribution is 5.93. The van der Waals surface area contributed by atoms with E-state index in [4.69, 9.17) is 9.84 Å². The number of hydrogen-bond donors (Lipinski definition) is 2. The highest BCUT2D eigenvalue weighted by Crippen LogP contribution is 2.11. The number of benzene rings is 1. The molecule has 0 aliphatic rings. The van der Waals surface area contributed by atoms with E-state index >= 15 is 0 Å².